The lowest BCUT2D eigenvalue weighted by Crippen LogP contribution is -2.12. The van der Waals surface area contributed by atoms with Gasteiger partial charge in [-0.05, 0) is 5.56 Å². The minimum Gasteiger partial charge on any atom is -0.460 e. The van der Waals surface area contributed by atoms with E-state index in [2.05, 4.69) is 4.98 Å². The molecule has 0 spiro atoms. The zero-order chi connectivity index (χ0) is 14.9. The van der Waals surface area contributed by atoms with Crippen molar-refractivity contribution in [1.82, 2.24) is 4.98 Å². The summed E-state index contributed by atoms with van der Waals surface area (Å²) in [6, 6.07) is 9.70. The van der Waals surface area contributed by atoms with Crippen LogP contribution in [0.5, 0.6) is 0 Å². The van der Waals surface area contributed by atoms with Gasteiger partial charge < -0.3 is 19.2 Å². The normalized spacial score (nSPS) is 10.5. The van der Waals surface area contributed by atoms with Crippen LogP contribution < -0.4 is 0 Å². The highest BCUT2D eigenvalue weighted by Crippen LogP contribution is 2.23. The minimum atomic E-state index is -0.356. The summed E-state index contributed by atoms with van der Waals surface area (Å²) in [5.41, 5.74) is 2.33. The van der Waals surface area contributed by atoms with Crippen molar-refractivity contribution in [2.75, 3.05) is 33.5 Å². The summed E-state index contributed by atoms with van der Waals surface area (Å²) < 4.78 is 15.3. The van der Waals surface area contributed by atoms with Crippen molar-refractivity contribution in [1.29, 1.82) is 0 Å². The highest BCUT2D eigenvalue weighted by Gasteiger charge is 2.14. The van der Waals surface area contributed by atoms with Crippen LogP contribution in [0.25, 0.3) is 11.1 Å². The number of carbonyl (C=O) groups is 1. The van der Waals surface area contributed by atoms with E-state index in [4.69, 9.17) is 14.2 Å². The summed E-state index contributed by atoms with van der Waals surface area (Å²) in [4.78, 5) is 15.0. The second-order valence-corrected chi connectivity index (χ2v) is 4.39. The van der Waals surface area contributed by atoms with E-state index < -0.39 is 0 Å². The first-order valence-electron chi connectivity index (χ1n) is 6.79. The fraction of sp³-hybridized carbons (Fsp3) is 0.312. The van der Waals surface area contributed by atoms with Crippen LogP contribution in [0.3, 0.4) is 0 Å². The number of ether oxygens (including phenoxy) is 3. The molecule has 0 aliphatic rings. The van der Waals surface area contributed by atoms with E-state index in [0.717, 1.165) is 11.1 Å². The van der Waals surface area contributed by atoms with Crippen molar-refractivity contribution in [2.24, 2.45) is 0 Å². The van der Waals surface area contributed by atoms with Crippen LogP contribution in [0.1, 0.15) is 10.4 Å². The van der Waals surface area contributed by atoms with Crippen LogP contribution in [0.4, 0.5) is 0 Å². The van der Waals surface area contributed by atoms with E-state index in [1.54, 1.807) is 19.5 Å². The van der Waals surface area contributed by atoms with E-state index in [1.807, 2.05) is 30.3 Å². The lowest BCUT2D eigenvalue weighted by molar-refractivity contribution is 0.0214. The zero-order valence-electron chi connectivity index (χ0n) is 12.0. The Morgan fingerprint density at radius 1 is 1.05 bits per heavy atom. The number of nitrogens with one attached hydrogen (secondary N) is 1. The third kappa shape index (κ3) is 4.44. The molecule has 0 atom stereocenters. The lowest BCUT2D eigenvalue weighted by atomic mass is 10.1. The van der Waals surface area contributed by atoms with Gasteiger partial charge in [0, 0.05) is 25.1 Å². The van der Waals surface area contributed by atoms with E-state index >= 15 is 0 Å². The van der Waals surface area contributed by atoms with Gasteiger partial charge in [0.05, 0.1) is 25.4 Å². The predicted molar refractivity (Wildman–Crippen MR) is 79.2 cm³/mol. The average Bonchev–Trinajstić information content (AvgIpc) is 3.01. The number of esters is 1. The Kier molecular flexibility index (Phi) is 5.99. The molecule has 0 aliphatic heterocycles. The standard InChI is InChI=1S/C16H19NO4/c1-19-7-8-20-9-10-21-16(18)15-12-17-11-14(15)13-5-3-2-4-6-13/h2-6,11-12,17H,7-10H2,1H3. The number of rotatable bonds is 8. The largest absolute Gasteiger partial charge is 0.460 e. The van der Waals surface area contributed by atoms with Crippen LogP contribution in [0.15, 0.2) is 42.7 Å². The van der Waals surface area contributed by atoms with Crippen LogP contribution in [-0.4, -0.2) is 44.5 Å². The first-order valence-corrected chi connectivity index (χ1v) is 6.79. The van der Waals surface area contributed by atoms with Crippen LogP contribution in [-0.2, 0) is 14.2 Å². The first kappa shape index (κ1) is 15.3. The molecule has 0 saturated heterocycles. The third-order valence-corrected chi connectivity index (χ3v) is 2.94. The van der Waals surface area contributed by atoms with Gasteiger partial charge in [-0.3, -0.25) is 0 Å². The fourth-order valence-corrected chi connectivity index (χ4v) is 1.90. The Morgan fingerprint density at radius 2 is 1.81 bits per heavy atom. The van der Waals surface area contributed by atoms with Gasteiger partial charge in [0.25, 0.3) is 0 Å². The summed E-state index contributed by atoms with van der Waals surface area (Å²) in [6.07, 6.45) is 3.44. The number of carbonyl (C=O) groups excluding carboxylic acids is 1. The monoisotopic (exact) mass is 289 g/mol. The molecule has 1 aromatic carbocycles. The van der Waals surface area contributed by atoms with Gasteiger partial charge in [0.1, 0.15) is 6.61 Å². The summed E-state index contributed by atoms with van der Waals surface area (Å²) in [5, 5.41) is 0. The minimum absolute atomic E-state index is 0.224. The van der Waals surface area contributed by atoms with E-state index in [0.29, 0.717) is 25.4 Å². The van der Waals surface area contributed by atoms with Crippen molar-refractivity contribution in [3.63, 3.8) is 0 Å². The van der Waals surface area contributed by atoms with Gasteiger partial charge in [0.15, 0.2) is 0 Å². The maximum atomic E-state index is 12.1. The molecule has 5 nitrogen and oxygen atoms in total. The molecule has 0 fully saturated rings. The zero-order valence-corrected chi connectivity index (χ0v) is 12.0. The molecule has 0 unspecified atom stereocenters. The third-order valence-electron chi connectivity index (χ3n) is 2.94. The molecule has 0 saturated carbocycles. The molecule has 5 heteroatoms. The van der Waals surface area contributed by atoms with Gasteiger partial charge in [-0.15, -0.1) is 0 Å². The molecule has 21 heavy (non-hydrogen) atoms. The molecule has 1 aromatic heterocycles. The first-order chi connectivity index (χ1) is 10.3. The maximum Gasteiger partial charge on any atom is 0.340 e. The second kappa shape index (κ2) is 8.24. The van der Waals surface area contributed by atoms with Gasteiger partial charge in [-0.1, -0.05) is 30.3 Å². The number of hydrogen-bond donors (Lipinski definition) is 1. The summed E-state index contributed by atoms with van der Waals surface area (Å²) in [7, 11) is 1.61. The van der Waals surface area contributed by atoms with Gasteiger partial charge in [0.2, 0.25) is 0 Å². The Labute approximate surface area is 123 Å². The maximum absolute atomic E-state index is 12.1. The van der Waals surface area contributed by atoms with Crippen molar-refractivity contribution in [3.05, 3.63) is 48.3 Å². The van der Waals surface area contributed by atoms with Gasteiger partial charge in [-0.2, -0.15) is 0 Å². The average molecular weight is 289 g/mol. The van der Waals surface area contributed by atoms with Crippen LogP contribution in [0, 0.1) is 0 Å². The van der Waals surface area contributed by atoms with Crippen LogP contribution in [0.2, 0.25) is 0 Å². The second-order valence-electron chi connectivity index (χ2n) is 4.39. The Bertz CT molecular complexity index is 550. The lowest BCUT2D eigenvalue weighted by Gasteiger charge is -2.06. The van der Waals surface area contributed by atoms with Gasteiger partial charge in [-0.25, -0.2) is 4.79 Å². The fourth-order valence-electron chi connectivity index (χ4n) is 1.90. The van der Waals surface area contributed by atoms with Crippen LogP contribution >= 0.6 is 0 Å². The molecule has 1 heterocycles. The Morgan fingerprint density at radius 3 is 2.57 bits per heavy atom. The van der Waals surface area contributed by atoms with Crippen molar-refractivity contribution in [2.45, 2.75) is 0 Å². The molecular formula is C16H19NO4. The molecule has 1 N–H and O–H groups in total. The van der Waals surface area contributed by atoms with E-state index in [9.17, 15) is 4.79 Å². The molecule has 0 radical (unpaired) electrons. The predicted octanol–water partition coefficient (Wildman–Crippen LogP) is 2.50. The number of aromatic nitrogens is 1. The smallest absolute Gasteiger partial charge is 0.340 e. The molecule has 2 rings (SSSR count). The highest BCUT2D eigenvalue weighted by atomic mass is 16.6. The Hall–Kier alpha value is -2.11. The van der Waals surface area contributed by atoms with Crippen molar-refractivity contribution >= 4 is 5.97 Å². The topological polar surface area (TPSA) is 60.6 Å². The number of benzene rings is 1. The van der Waals surface area contributed by atoms with Crippen molar-refractivity contribution in [3.8, 4) is 11.1 Å². The molecule has 0 bridgehead atoms. The molecule has 0 aliphatic carbocycles. The number of methoxy groups -OCH3 is 1. The summed E-state index contributed by atoms with van der Waals surface area (Å²) >= 11 is 0. The highest BCUT2D eigenvalue weighted by molar-refractivity contribution is 5.97. The molecule has 112 valence electrons. The molecule has 0 amide bonds. The quantitative estimate of drug-likeness (QED) is 0.599. The SMILES string of the molecule is COCCOCCOC(=O)c1c[nH]cc1-c1ccccc1. The Balaban J connectivity index is 1.88. The van der Waals surface area contributed by atoms with Crippen molar-refractivity contribution < 1.29 is 19.0 Å². The van der Waals surface area contributed by atoms with E-state index in [1.165, 1.54) is 0 Å². The summed E-state index contributed by atoms with van der Waals surface area (Å²) in [6.45, 7) is 1.61. The number of aromatic amines is 1. The van der Waals surface area contributed by atoms with Gasteiger partial charge >= 0.3 is 5.97 Å². The van der Waals surface area contributed by atoms with E-state index in [-0.39, 0.29) is 12.6 Å². The number of hydrogen-bond acceptors (Lipinski definition) is 4. The number of H-pyrrole nitrogens is 1. The molecular weight excluding hydrogens is 270 g/mol. The summed E-state index contributed by atoms with van der Waals surface area (Å²) in [5.74, 6) is -0.356. The molecule has 2 aromatic rings.